The molecule has 0 radical (unpaired) electrons. The zero-order valence-corrected chi connectivity index (χ0v) is 8.86. The molecule has 0 bridgehead atoms. The summed E-state index contributed by atoms with van der Waals surface area (Å²) < 4.78 is 26.0. The van der Waals surface area contributed by atoms with Crippen molar-refractivity contribution in [3.63, 3.8) is 0 Å². The molecule has 0 aliphatic rings. The van der Waals surface area contributed by atoms with E-state index in [0.29, 0.717) is 5.56 Å². The summed E-state index contributed by atoms with van der Waals surface area (Å²) in [6.07, 6.45) is 2.87. The van der Waals surface area contributed by atoms with Crippen LogP contribution in [0.3, 0.4) is 0 Å². The average Bonchev–Trinajstić information content (AvgIpc) is 2.34. The fourth-order valence-corrected chi connectivity index (χ4v) is 1.47. The molecule has 2 aromatic rings. The Morgan fingerprint density at radius 3 is 2.71 bits per heavy atom. The minimum Gasteiger partial charge on any atom is -0.294 e. The molecule has 1 heterocycles. The number of nitrogens with zero attached hydrogens (tertiary/aromatic N) is 1. The van der Waals surface area contributed by atoms with Crippen LogP contribution in [0.5, 0.6) is 0 Å². The van der Waals surface area contributed by atoms with E-state index in [1.165, 1.54) is 12.3 Å². The number of pyridine rings is 1. The highest BCUT2D eigenvalue weighted by Crippen LogP contribution is 2.12. The number of hydrogen-bond acceptors (Lipinski definition) is 2. The molecule has 0 spiro atoms. The molecule has 17 heavy (non-hydrogen) atoms. The molecule has 4 heteroatoms. The molecular formula is C13H9F2NO. The van der Waals surface area contributed by atoms with E-state index in [1.807, 2.05) is 0 Å². The van der Waals surface area contributed by atoms with Crippen molar-refractivity contribution < 1.29 is 13.6 Å². The molecule has 2 rings (SSSR count). The van der Waals surface area contributed by atoms with Crippen molar-refractivity contribution >= 4 is 5.78 Å². The van der Waals surface area contributed by atoms with Crippen molar-refractivity contribution in [3.8, 4) is 0 Å². The van der Waals surface area contributed by atoms with Crippen LogP contribution in [0.2, 0.25) is 0 Å². The predicted molar refractivity (Wildman–Crippen MR) is 58.6 cm³/mol. The summed E-state index contributed by atoms with van der Waals surface area (Å²) in [6.45, 7) is 0. The third-order valence-corrected chi connectivity index (χ3v) is 2.35. The monoisotopic (exact) mass is 233 g/mol. The summed E-state index contributed by atoms with van der Waals surface area (Å²) in [5, 5.41) is 0. The summed E-state index contributed by atoms with van der Waals surface area (Å²) >= 11 is 0. The maximum absolute atomic E-state index is 13.3. The number of halogens is 2. The molecule has 1 aromatic carbocycles. The molecular weight excluding hydrogens is 224 g/mol. The van der Waals surface area contributed by atoms with Gasteiger partial charge in [-0.25, -0.2) is 8.78 Å². The highest BCUT2D eigenvalue weighted by molar-refractivity contribution is 5.97. The molecule has 0 N–H and O–H groups in total. The van der Waals surface area contributed by atoms with Gasteiger partial charge >= 0.3 is 0 Å². The molecule has 0 unspecified atom stereocenters. The van der Waals surface area contributed by atoms with Crippen LogP contribution in [0.1, 0.15) is 15.9 Å². The SMILES string of the molecule is O=C(Cc1ccc(F)cc1F)c1cccnc1. The van der Waals surface area contributed by atoms with Crippen LogP contribution in [0.25, 0.3) is 0 Å². The molecule has 0 atom stereocenters. The minimum absolute atomic E-state index is 0.0994. The largest absolute Gasteiger partial charge is 0.294 e. The smallest absolute Gasteiger partial charge is 0.168 e. The summed E-state index contributed by atoms with van der Waals surface area (Å²) in [5.41, 5.74) is 0.594. The zero-order valence-electron chi connectivity index (χ0n) is 8.86. The first-order chi connectivity index (χ1) is 8.16. The van der Waals surface area contributed by atoms with Crippen LogP contribution < -0.4 is 0 Å². The zero-order chi connectivity index (χ0) is 12.3. The van der Waals surface area contributed by atoms with Gasteiger partial charge in [-0.2, -0.15) is 0 Å². The first-order valence-electron chi connectivity index (χ1n) is 5.04. The third-order valence-electron chi connectivity index (χ3n) is 2.35. The molecule has 0 saturated carbocycles. The maximum atomic E-state index is 13.3. The van der Waals surface area contributed by atoms with Crippen LogP contribution in [-0.4, -0.2) is 10.8 Å². The van der Waals surface area contributed by atoms with Crippen molar-refractivity contribution in [1.29, 1.82) is 0 Å². The van der Waals surface area contributed by atoms with Gasteiger partial charge in [0.15, 0.2) is 5.78 Å². The van der Waals surface area contributed by atoms with Gasteiger partial charge in [0.05, 0.1) is 0 Å². The lowest BCUT2D eigenvalue weighted by Crippen LogP contribution is -2.05. The van der Waals surface area contributed by atoms with Crippen molar-refractivity contribution in [2.45, 2.75) is 6.42 Å². The van der Waals surface area contributed by atoms with E-state index >= 15 is 0 Å². The fourth-order valence-electron chi connectivity index (χ4n) is 1.47. The van der Waals surface area contributed by atoms with Crippen LogP contribution in [0.4, 0.5) is 8.78 Å². The highest BCUT2D eigenvalue weighted by atomic mass is 19.1. The van der Waals surface area contributed by atoms with Crippen molar-refractivity contribution in [2.24, 2.45) is 0 Å². The second-order valence-electron chi connectivity index (χ2n) is 3.58. The van der Waals surface area contributed by atoms with Gasteiger partial charge < -0.3 is 0 Å². The van der Waals surface area contributed by atoms with Gasteiger partial charge in [0.25, 0.3) is 0 Å². The second-order valence-corrected chi connectivity index (χ2v) is 3.58. The van der Waals surface area contributed by atoms with Crippen molar-refractivity contribution in [2.75, 3.05) is 0 Å². The first-order valence-corrected chi connectivity index (χ1v) is 5.04. The molecule has 0 fully saturated rings. The topological polar surface area (TPSA) is 30.0 Å². The second kappa shape index (κ2) is 4.82. The highest BCUT2D eigenvalue weighted by Gasteiger charge is 2.11. The van der Waals surface area contributed by atoms with Crippen molar-refractivity contribution in [3.05, 3.63) is 65.5 Å². The van der Waals surface area contributed by atoms with Crippen molar-refractivity contribution in [1.82, 2.24) is 4.98 Å². The minimum atomic E-state index is -0.706. The van der Waals surface area contributed by atoms with E-state index in [0.717, 1.165) is 12.1 Å². The molecule has 2 nitrogen and oxygen atoms in total. The number of ketones is 1. The van der Waals surface area contributed by atoms with E-state index in [2.05, 4.69) is 4.98 Å². The summed E-state index contributed by atoms with van der Waals surface area (Å²) in [4.78, 5) is 15.6. The van der Waals surface area contributed by atoms with E-state index in [4.69, 9.17) is 0 Å². The Hall–Kier alpha value is -2.10. The fraction of sp³-hybridized carbons (Fsp3) is 0.0769. The van der Waals surface area contributed by atoms with E-state index in [1.54, 1.807) is 18.3 Å². The van der Waals surface area contributed by atoms with Crippen LogP contribution >= 0.6 is 0 Å². The Morgan fingerprint density at radius 1 is 1.24 bits per heavy atom. The third kappa shape index (κ3) is 2.72. The lowest BCUT2D eigenvalue weighted by atomic mass is 10.0. The van der Waals surface area contributed by atoms with Crippen LogP contribution in [0.15, 0.2) is 42.7 Å². The molecule has 0 aliphatic carbocycles. The number of Topliss-reactive ketones (excluding diaryl/α,β-unsaturated/α-hetero) is 1. The Morgan fingerprint density at radius 2 is 2.06 bits per heavy atom. The van der Waals surface area contributed by atoms with Crippen LogP contribution in [-0.2, 0) is 6.42 Å². The molecule has 1 aromatic heterocycles. The Kier molecular flexibility index (Phi) is 3.23. The van der Waals surface area contributed by atoms with E-state index in [-0.39, 0.29) is 17.8 Å². The number of benzene rings is 1. The molecule has 0 aliphatic heterocycles. The number of carbonyl (C=O) groups is 1. The van der Waals surface area contributed by atoms with E-state index < -0.39 is 11.6 Å². The Labute approximate surface area is 96.9 Å². The lowest BCUT2D eigenvalue weighted by Gasteiger charge is -2.02. The average molecular weight is 233 g/mol. The van der Waals surface area contributed by atoms with Gasteiger partial charge in [0.2, 0.25) is 0 Å². The Balaban J connectivity index is 2.19. The number of hydrogen-bond donors (Lipinski definition) is 0. The quantitative estimate of drug-likeness (QED) is 0.763. The van der Waals surface area contributed by atoms with Gasteiger partial charge in [-0.1, -0.05) is 6.07 Å². The molecule has 0 saturated heterocycles. The van der Waals surface area contributed by atoms with Gasteiger partial charge in [0.1, 0.15) is 11.6 Å². The molecule has 86 valence electrons. The summed E-state index contributed by atoms with van der Waals surface area (Å²) in [5.74, 6) is -1.61. The lowest BCUT2D eigenvalue weighted by molar-refractivity contribution is 0.0991. The summed E-state index contributed by atoms with van der Waals surface area (Å²) in [7, 11) is 0. The first kappa shape index (κ1) is 11.4. The van der Waals surface area contributed by atoms with Gasteiger partial charge in [-0.15, -0.1) is 0 Å². The number of rotatable bonds is 3. The van der Waals surface area contributed by atoms with Crippen LogP contribution in [0, 0.1) is 11.6 Å². The number of aromatic nitrogens is 1. The van der Waals surface area contributed by atoms with Gasteiger partial charge in [0, 0.05) is 30.4 Å². The normalized spacial score (nSPS) is 10.2. The number of carbonyl (C=O) groups excluding carboxylic acids is 1. The van der Waals surface area contributed by atoms with E-state index in [9.17, 15) is 13.6 Å². The maximum Gasteiger partial charge on any atom is 0.168 e. The van der Waals surface area contributed by atoms with Gasteiger partial charge in [-0.05, 0) is 23.8 Å². The van der Waals surface area contributed by atoms with Gasteiger partial charge in [-0.3, -0.25) is 9.78 Å². The summed E-state index contributed by atoms with van der Waals surface area (Å²) in [6, 6.07) is 6.42. The standard InChI is InChI=1S/C13H9F2NO/c14-11-4-3-9(12(15)7-11)6-13(17)10-2-1-5-16-8-10/h1-5,7-8H,6H2. The Bertz CT molecular complexity index is 540. The predicted octanol–water partition coefficient (Wildman–Crippen LogP) is 2.79. The molecule has 0 amide bonds.